The minimum atomic E-state index is 0.445. The molecule has 0 spiro atoms. The molecule has 0 amide bonds. The Morgan fingerprint density at radius 1 is 1.27 bits per heavy atom. The fourth-order valence-electron chi connectivity index (χ4n) is 1.50. The molecule has 0 unspecified atom stereocenters. The average Bonchev–Trinajstić information content (AvgIpc) is 2.27. The van der Waals surface area contributed by atoms with Gasteiger partial charge in [0, 0.05) is 12.0 Å². The Labute approximate surface area is 92.0 Å². The lowest BCUT2D eigenvalue weighted by Gasteiger charge is -2.05. The monoisotopic (exact) mass is 199 g/mol. The Morgan fingerprint density at radius 2 is 2.00 bits per heavy atom. The molecule has 0 aromatic heterocycles. The van der Waals surface area contributed by atoms with Crippen molar-refractivity contribution in [1.29, 1.82) is 5.41 Å². The Morgan fingerprint density at radius 3 is 2.67 bits per heavy atom. The van der Waals surface area contributed by atoms with Crippen LogP contribution in [0, 0.1) is 17.3 Å². The van der Waals surface area contributed by atoms with Gasteiger partial charge in [-0.2, -0.15) is 0 Å². The summed E-state index contributed by atoms with van der Waals surface area (Å²) in [5.41, 5.74) is 2.66. The van der Waals surface area contributed by atoms with Crippen molar-refractivity contribution in [3.05, 3.63) is 35.4 Å². The minimum Gasteiger partial charge on any atom is -0.291 e. The van der Waals surface area contributed by atoms with Crippen LogP contribution < -0.4 is 0 Å². The zero-order chi connectivity index (χ0) is 11.1. The van der Waals surface area contributed by atoms with Gasteiger partial charge in [-0.15, -0.1) is 0 Å². The molecule has 0 bridgehead atoms. The average molecular weight is 199 g/mol. The highest BCUT2D eigenvalue weighted by Gasteiger charge is 2.03. The van der Waals surface area contributed by atoms with Gasteiger partial charge in [0.1, 0.15) is 5.71 Å². The smallest absolute Gasteiger partial charge is 0.111 e. The van der Waals surface area contributed by atoms with Crippen LogP contribution in [0.25, 0.3) is 0 Å². The molecule has 15 heavy (non-hydrogen) atoms. The van der Waals surface area contributed by atoms with E-state index in [-0.39, 0.29) is 0 Å². The van der Waals surface area contributed by atoms with Crippen molar-refractivity contribution >= 4 is 5.71 Å². The number of benzene rings is 1. The topological polar surface area (TPSA) is 23.9 Å². The van der Waals surface area contributed by atoms with Crippen LogP contribution in [0.3, 0.4) is 0 Å². The number of hydrogen-bond donors (Lipinski definition) is 1. The molecular formula is C14H17N. The van der Waals surface area contributed by atoms with E-state index in [1.54, 1.807) is 0 Å². The maximum atomic E-state index is 7.88. The van der Waals surface area contributed by atoms with Crippen LogP contribution in [-0.2, 0) is 6.42 Å². The summed E-state index contributed by atoms with van der Waals surface area (Å²) < 4.78 is 0. The zero-order valence-corrected chi connectivity index (χ0v) is 9.43. The van der Waals surface area contributed by atoms with Crippen molar-refractivity contribution in [1.82, 2.24) is 0 Å². The summed E-state index contributed by atoms with van der Waals surface area (Å²) in [6.07, 6.45) is 2.93. The Balaban J connectivity index is 2.97. The third kappa shape index (κ3) is 3.25. The first kappa shape index (κ1) is 11.5. The summed E-state index contributed by atoms with van der Waals surface area (Å²) in [6.45, 7) is 4.15. The predicted octanol–water partition coefficient (Wildman–Crippen LogP) is 3.42. The summed E-state index contributed by atoms with van der Waals surface area (Å²) in [5, 5.41) is 7.88. The maximum Gasteiger partial charge on any atom is 0.111 e. The van der Waals surface area contributed by atoms with Crippen LogP contribution in [-0.4, -0.2) is 5.71 Å². The molecular weight excluding hydrogens is 182 g/mol. The molecule has 0 radical (unpaired) electrons. The van der Waals surface area contributed by atoms with Gasteiger partial charge in [0.15, 0.2) is 0 Å². The van der Waals surface area contributed by atoms with Crippen LogP contribution in [0.4, 0.5) is 0 Å². The molecule has 0 aliphatic rings. The second-order valence-electron chi connectivity index (χ2n) is 3.44. The molecule has 1 heteroatoms. The summed E-state index contributed by atoms with van der Waals surface area (Å²) in [7, 11) is 0. The van der Waals surface area contributed by atoms with Gasteiger partial charge in [-0.25, -0.2) is 0 Å². The van der Waals surface area contributed by atoms with Crippen LogP contribution in [0.2, 0.25) is 0 Å². The zero-order valence-electron chi connectivity index (χ0n) is 9.43. The van der Waals surface area contributed by atoms with E-state index in [0.717, 1.165) is 24.8 Å². The van der Waals surface area contributed by atoms with E-state index in [1.165, 1.54) is 5.56 Å². The van der Waals surface area contributed by atoms with Gasteiger partial charge in [-0.1, -0.05) is 50.5 Å². The first-order valence-electron chi connectivity index (χ1n) is 5.45. The second-order valence-corrected chi connectivity index (χ2v) is 3.44. The lowest BCUT2D eigenvalue weighted by molar-refractivity contribution is 0.919. The van der Waals surface area contributed by atoms with Crippen molar-refractivity contribution in [2.75, 3.05) is 0 Å². The molecule has 1 N–H and O–H groups in total. The van der Waals surface area contributed by atoms with Gasteiger partial charge >= 0.3 is 0 Å². The quantitative estimate of drug-likeness (QED) is 0.569. The number of nitrogens with one attached hydrogen (secondary N) is 1. The molecule has 0 heterocycles. The standard InChI is InChI=1S/C14H17N/c1-3-5-11-14(15)13-10-7-6-9-12(13)8-4-2/h6-7,9-10,15H,3-4,8H2,1-2H3. The van der Waals surface area contributed by atoms with Gasteiger partial charge in [0.05, 0.1) is 0 Å². The molecule has 1 aromatic rings. The van der Waals surface area contributed by atoms with Gasteiger partial charge in [-0.3, -0.25) is 5.41 Å². The Hall–Kier alpha value is -1.55. The normalized spacial score (nSPS) is 9.20. The molecule has 0 aliphatic heterocycles. The molecule has 78 valence electrons. The minimum absolute atomic E-state index is 0.445. The van der Waals surface area contributed by atoms with E-state index >= 15 is 0 Å². The van der Waals surface area contributed by atoms with Gasteiger partial charge in [0.2, 0.25) is 0 Å². The highest BCUT2D eigenvalue weighted by molar-refractivity contribution is 6.11. The van der Waals surface area contributed by atoms with Crippen molar-refractivity contribution in [3.63, 3.8) is 0 Å². The summed E-state index contributed by atoms with van der Waals surface area (Å²) in [4.78, 5) is 0. The SMILES string of the molecule is CCC#CC(=N)c1ccccc1CCC. The molecule has 1 aromatic carbocycles. The first-order valence-corrected chi connectivity index (χ1v) is 5.45. The molecule has 0 saturated heterocycles. The number of hydrogen-bond acceptors (Lipinski definition) is 1. The molecule has 1 nitrogen and oxygen atoms in total. The van der Waals surface area contributed by atoms with E-state index < -0.39 is 0 Å². The third-order valence-corrected chi connectivity index (χ3v) is 2.20. The molecule has 0 atom stereocenters. The summed E-state index contributed by atoms with van der Waals surface area (Å²) in [6, 6.07) is 8.06. The van der Waals surface area contributed by atoms with E-state index in [9.17, 15) is 0 Å². The lowest BCUT2D eigenvalue weighted by atomic mass is 10.00. The number of rotatable bonds is 3. The molecule has 0 fully saturated rings. The van der Waals surface area contributed by atoms with Crippen LogP contribution in [0.1, 0.15) is 37.8 Å². The van der Waals surface area contributed by atoms with Crippen LogP contribution in [0.5, 0.6) is 0 Å². The molecule has 0 saturated carbocycles. The van der Waals surface area contributed by atoms with Gasteiger partial charge < -0.3 is 0 Å². The maximum absolute atomic E-state index is 7.88. The van der Waals surface area contributed by atoms with E-state index in [2.05, 4.69) is 24.8 Å². The van der Waals surface area contributed by atoms with Gasteiger partial charge in [0.25, 0.3) is 0 Å². The van der Waals surface area contributed by atoms with Crippen molar-refractivity contribution in [3.8, 4) is 11.8 Å². The fourth-order valence-corrected chi connectivity index (χ4v) is 1.50. The highest BCUT2D eigenvalue weighted by atomic mass is 14.4. The highest BCUT2D eigenvalue weighted by Crippen LogP contribution is 2.11. The fraction of sp³-hybridized carbons (Fsp3) is 0.357. The second kappa shape index (κ2) is 6.03. The van der Waals surface area contributed by atoms with E-state index in [4.69, 9.17) is 5.41 Å². The number of aryl methyl sites for hydroxylation is 1. The summed E-state index contributed by atoms with van der Waals surface area (Å²) in [5.74, 6) is 5.82. The van der Waals surface area contributed by atoms with Gasteiger partial charge in [-0.05, 0) is 17.9 Å². The van der Waals surface area contributed by atoms with Crippen molar-refractivity contribution in [2.45, 2.75) is 33.1 Å². The lowest BCUT2D eigenvalue weighted by Crippen LogP contribution is -2.00. The van der Waals surface area contributed by atoms with Crippen molar-refractivity contribution < 1.29 is 0 Å². The largest absolute Gasteiger partial charge is 0.291 e. The third-order valence-electron chi connectivity index (χ3n) is 2.20. The Bertz CT molecular complexity index is 393. The van der Waals surface area contributed by atoms with Crippen LogP contribution >= 0.6 is 0 Å². The van der Waals surface area contributed by atoms with E-state index in [1.807, 2.05) is 25.1 Å². The summed E-state index contributed by atoms with van der Waals surface area (Å²) >= 11 is 0. The van der Waals surface area contributed by atoms with E-state index in [0.29, 0.717) is 5.71 Å². The molecule has 0 aliphatic carbocycles. The first-order chi connectivity index (χ1) is 7.29. The Kier molecular flexibility index (Phi) is 4.63. The van der Waals surface area contributed by atoms with Crippen molar-refractivity contribution in [2.24, 2.45) is 0 Å². The predicted molar refractivity (Wildman–Crippen MR) is 65.3 cm³/mol. The molecule has 1 rings (SSSR count). The van der Waals surface area contributed by atoms with Crippen LogP contribution in [0.15, 0.2) is 24.3 Å².